The average Bonchev–Trinajstić information content (AvgIpc) is 3.27. The van der Waals surface area contributed by atoms with E-state index in [1.807, 2.05) is 12.1 Å². The van der Waals surface area contributed by atoms with Gasteiger partial charge in [-0.3, -0.25) is 10.1 Å². The molecule has 162 valence electrons. The Morgan fingerprint density at radius 2 is 1.81 bits per heavy atom. The fraction of sp³-hybridized carbons (Fsp3) is 0.208. The van der Waals surface area contributed by atoms with Crippen molar-refractivity contribution in [3.63, 3.8) is 0 Å². The molecule has 3 heterocycles. The van der Waals surface area contributed by atoms with Crippen LogP contribution < -0.4 is 0 Å². The lowest BCUT2D eigenvalue weighted by Crippen LogP contribution is -2.08. The van der Waals surface area contributed by atoms with Crippen molar-refractivity contribution in [3.05, 3.63) is 65.5 Å². The summed E-state index contributed by atoms with van der Waals surface area (Å²) in [6.45, 7) is 4.07. The number of aromatic amines is 1. The Hall–Kier alpha value is -4.07. The van der Waals surface area contributed by atoms with Gasteiger partial charge in [-0.15, -0.1) is 0 Å². The molecule has 0 saturated carbocycles. The van der Waals surface area contributed by atoms with E-state index in [0.29, 0.717) is 22.5 Å². The molecule has 0 fully saturated rings. The van der Waals surface area contributed by atoms with Crippen molar-refractivity contribution in [2.24, 2.45) is 0 Å². The minimum Gasteiger partial charge on any atom is -0.465 e. The lowest BCUT2D eigenvalue weighted by molar-refractivity contribution is 0.0519. The second-order valence-electron chi connectivity index (χ2n) is 7.05. The molecule has 0 amide bonds. The van der Waals surface area contributed by atoms with Gasteiger partial charge in [-0.05, 0) is 37.1 Å². The predicted octanol–water partition coefficient (Wildman–Crippen LogP) is 4.21. The van der Waals surface area contributed by atoms with Gasteiger partial charge < -0.3 is 9.47 Å². The molecule has 4 aromatic rings. The van der Waals surface area contributed by atoms with Gasteiger partial charge in [0.1, 0.15) is 0 Å². The first kappa shape index (κ1) is 21.2. The number of esters is 2. The van der Waals surface area contributed by atoms with Gasteiger partial charge in [0.15, 0.2) is 11.3 Å². The largest absolute Gasteiger partial charge is 0.465 e. The highest BCUT2D eigenvalue weighted by Crippen LogP contribution is 2.34. The van der Waals surface area contributed by atoms with E-state index < -0.39 is 11.9 Å². The number of pyridine rings is 2. The lowest BCUT2D eigenvalue weighted by Gasteiger charge is -2.09. The third kappa shape index (κ3) is 3.94. The molecule has 0 radical (unpaired) electrons. The van der Waals surface area contributed by atoms with Crippen LogP contribution in [0.15, 0.2) is 48.7 Å². The molecule has 8 nitrogen and oxygen atoms in total. The summed E-state index contributed by atoms with van der Waals surface area (Å²) in [5, 5.41) is 8.11. The summed E-state index contributed by atoms with van der Waals surface area (Å²) in [6, 6.07) is 13.1. The van der Waals surface area contributed by atoms with E-state index in [-0.39, 0.29) is 12.3 Å². The molecule has 0 spiro atoms. The van der Waals surface area contributed by atoms with Crippen LogP contribution in [0.1, 0.15) is 40.3 Å². The van der Waals surface area contributed by atoms with E-state index in [1.54, 1.807) is 25.1 Å². The fourth-order valence-corrected chi connectivity index (χ4v) is 3.44. The number of hydrogen-bond acceptors (Lipinski definition) is 7. The maximum absolute atomic E-state index is 12.4. The number of carbonyl (C=O) groups is 2. The molecule has 0 unspecified atom stereocenters. The number of benzene rings is 1. The van der Waals surface area contributed by atoms with Crippen molar-refractivity contribution in [1.82, 2.24) is 20.2 Å². The summed E-state index contributed by atoms with van der Waals surface area (Å²) in [5.41, 5.74) is 4.96. The number of methoxy groups -OCH3 is 1. The van der Waals surface area contributed by atoms with E-state index in [1.165, 1.54) is 18.9 Å². The Morgan fingerprint density at radius 3 is 2.44 bits per heavy atom. The first-order chi connectivity index (χ1) is 15.5. The normalized spacial score (nSPS) is 10.8. The number of nitrogens with zero attached hydrogens (tertiary/aromatic N) is 3. The molecule has 0 bridgehead atoms. The highest BCUT2D eigenvalue weighted by molar-refractivity contribution is 6.04. The number of H-pyrrole nitrogens is 1. The molecular weight excluding hydrogens is 408 g/mol. The quantitative estimate of drug-likeness (QED) is 0.457. The second-order valence-corrected chi connectivity index (χ2v) is 7.05. The zero-order valence-electron chi connectivity index (χ0n) is 18.0. The number of hydrogen-bond donors (Lipinski definition) is 1. The van der Waals surface area contributed by atoms with Crippen molar-refractivity contribution in [2.75, 3.05) is 13.7 Å². The predicted molar refractivity (Wildman–Crippen MR) is 119 cm³/mol. The second kappa shape index (κ2) is 8.97. The van der Waals surface area contributed by atoms with E-state index in [9.17, 15) is 9.59 Å². The van der Waals surface area contributed by atoms with Crippen LogP contribution in [-0.2, 0) is 15.9 Å². The van der Waals surface area contributed by atoms with Crippen molar-refractivity contribution >= 4 is 23.0 Å². The van der Waals surface area contributed by atoms with Crippen LogP contribution in [0, 0.1) is 0 Å². The molecule has 3 aromatic heterocycles. The highest BCUT2D eigenvalue weighted by atomic mass is 16.5. The smallest absolute Gasteiger partial charge is 0.357 e. The van der Waals surface area contributed by atoms with Gasteiger partial charge in [-0.2, -0.15) is 5.10 Å². The molecule has 4 rings (SSSR count). The summed E-state index contributed by atoms with van der Waals surface area (Å²) < 4.78 is 9.88. The Kier molecular flexibility index (Phi) is 5.93. The number of fused-ring (bicyclic) bond motifs is 1. The minimum absolute atomic E-state index is 0.132. The molecule has 1 aromatic carbocycles. The molecule has 0 aliphatic rings. The van der Waals surface area contributed by atoms with Crippen LogP contribution in [0.25, 0.3) is 33.5 Å². The summed E-state index contributed by atoms with van der Waals surface area (Å²) in [5.74, 6) is -1.02. The zero-order valence-corrected chi connectivity index (χ0v) is 18.0. The fourth-order valence-electron chi connectivity index (χ4n) is 3.44. The minimum atomic E-state index is -0.543. The van der Waals surface area contributed by atoms with Crippen LogP contribution in [0.3, 0.4) is 0 Å². The number of rotatable bonds is 6. The third-order valence-corrected chi connectivity index (χ3v) is 5.12. The van der Waals surface area contributed by atoms with E-state index >= 15 is 0 Å². The van der Waals surface area contributed by atoms with Gasteiger partial charge in [0.25, 0.3) is 0 Å². The van der Waals surface area contributed by atoms with Gasteiger partial charge in [0.05, 0.1) is 36.1 Å². The van der Waals surface area contributed by atoms with Gasteiger partial charge >= 0.3 is 11.9 Å². The Labute approximate surface area is 184 Å². The zero-order chi connectivity index (χ0) is 22.7. The van der Waals surface area contributed by atoms with Gasteiger partial charge in [0.2, 0.25) is 0 Å². The molecule has 32 heavy (non-hydrogen) atoms. The van der Waals surface area contributed by atoms with Gasteiger partial charge in [-0.1, -0.05) is 31.2 Å². The van der Waals surface area contributed by atoms with Crippen LogP contribution >= 0.6 is 0 Å². The highest BCUT2D eigenvalue weighted by Gasteiger charge is 2.20. The Balaban J connectivity index is 1.91. The van der Waals surface area contributed by atoms with Crippen molar-refractivity contribution in [3.8, 4) is 22.5 Å². The van der Waals surface area contributed by atoms with Crippen LogP contribution in [-0.4, -0.2) is 45.8 Å². The van der Waals surface area contributed by atoms with Crippen LogP contribution in [0.2, 0.25) is 0 Å². The monoisotopic (exact) mass is 430 g/mol. The molecular formula is C24H22N4O4. The number of aromatic nitrogens is 4. The number of ether oxygens (including phenoxy) is 2. The molecule has 8 heteroatoms. The molecule has 0 aliphatic carbocycles. The summed E-state index contributed by atoms with van der Waals surface area (Å²) in [6.07, 6.45) is 2.38. The molecule has 0 atom stereocenters. The Morgan fingerprint density at radius 1 is 1.03 bits per heavy atom. The van der Waals surface area contributed by atoms with Crippen molar-refractivity contribution in [1.29, 1.82) is 0 Å². The first-order valence-electron chi connectivity index (χ1n) is 10.3. The molecule has 1 N–H and O–H groups in total. The van der Waals surface area contributed by atoms with Gasteiger partial charge in [-0.25, -0.2) is 14.6 Å². The van der Waals surface area contributed by atoms with E-state index in [0.717, 1.165) is 23.1 Å². The summed E-state index contributed by atoms with van der Waals surface area (Å²) in [7, 11) is 1.32. The van der Waals surface area contributed by atoms with Crippen LogP contribution in [0.4, 0.5) is 0 Å². The van der Waals surface area contributed by atoms with Gasteiger partial charge in [0, 0.05) is 17.3 Å². The molecule has 0 saturated heterocycles. The third-order valence-electron chi connectivity index (χ3n) is 5.12. The van der Waals surface area contributed by atoms with E-state index in [4.69, 9.17) is 9.47 Å². The van der Waals surface area contributed by atoms with E-state index in [2.05, 4.69) is 39.2 Å². The maximum Gasteiger partial charge on any atom is 0.357 e. The SMILES string of the molecule is CCOC(=O)c1cc(-c2ccc(C(=O)OC)cn2)c2c(-c3ccc(CC)cc3)[nH]nc2n1. The summed E-state index contributed by atoms with van der Waals surface area (Å²) in [4.78, 5) is 33.0. The topological polar surface area (TPSA) is 107 Å². The maximum atomic E-state index is 12.4. The molecule has 0 aliphatic heterocycles. The first-order valence-corrected chi connectivity index (χ1v) is 10.3. The number of nitrogens with one attached hydrogen (secondary N) is 1. The lowest BCUT2D eigenvalue weighted by atomic mass is 10.0. The Bertz CT molecular complexity index is 1280. The average molecular weight is 430 g/mol. The number of carbonyl (C=O) groups excluding carboxylic acids is 2. The standard InChI is InChI=1S/C24H22N4O4/c1-4-14-6-8-15(9-7-14)21-20-17(18-11-10-16(13-25-18)23(29)31-3)12-19(24(30)32-5-2)26-22(20)28-27-21/h6-13H,4-5H2,1-3H3,(H,26,27,28). The van der Waals surface area contributed by atoms with Crippen molar-refractivity contribution in [2.45, 2.75) is 20.3 Å². The van der Waals surface area contributed by atoms with Crippen LogP contribution in [0.5, 0.6) is 0 Å². The number of aryl methyl sites for hydroxylation is 1. The van der Waals surface area contributed by atoms with Crippen molar-refractivity contribution < 1.29 is 19.1 Å². The summed E-state index contributed by atoms with van der Waals surface area (Å²) >= 11 is 0.